The predicted octanol–water partition coefficient (Wildman–Crippen LogP) is 9.10. The molecule has 1 rings (SSSR count). The van der Waals surface area contributed by atoms with E-state index in [1.54, 1.807) is 6.20 Å². The van der Waals surface area contributed by atoms with Crippen LogP contribution in [0.25, 0.3) is 0 Å². The first-order valence-corrected chi connectivity index (χ1v) is 11.9. The highest BCUT2D eigenvalue weighted by atomic mass is 19.3. The van der Waals surface area contributed by atoms with E-state index in [2.05, 4.69) is 53.1 Å². The van der Waals surface area contributed by atoms with Gasteiger partial charge in [-0.1, -0.05) is 72.6 Å². The van der Waals surface area contributed by atoms with Crippen molar-refractivity contribution in [2.45, 2.75) is 113 Å². The summed E-state index contributed by atoms with van der Waals surface area (Å²) in [5.41, 5.74) is 5.24. The summed E-state index contributed by atoms with van der Waals surface area (Å²) in [5, 5.41) is 0. The number of rotatable bonds is 12. The van der Waals surface area contributed by atoms with Gasteiger partial charge in [-0.05, 0) is 74.0 Å². The van der Waals surface area contributed by atoms with E-state index in [-0.39, 0.29) is 11.8 Å². The summed E-state index contributed by atoms with van der Waals surface area (Å²) in [4.78, 5) is 4.44. The van der Waals surface area contributed by atoms with Crippen LogP contribution in [0, 0.1) is 17.8 Å². The molecule has 1 aromatic carbocycles. The molecule has 176 valence electrons. The van der Waals surface area contributed by atoms with Crippen LogP contribution >= 0.6 is 0 Å². The van der Waals surface area contributed by atoms with E-state index in [4.69, 9.17) is 0 Å². The molecule has 0 aromatic heterocycles. The molecular formula is C28H45F2N. The molecule has 3 heteroatoms. The largest absolute Gasteiger partial charge is 0.262 e. The Morgan fingerprint density at radius 1 is 1.03 bits per heavy atom. The molecule has 0 saturated heterocycles. The van der Waals surface area contributed by atoms with Crippen LogP contribution in [0.2, 0.25) is 0 Å². The Labute approximate surface area is 190 Å². The van der Waals surface area contributed by atoms with Crippen molar-refractivity contribution in [1.29, 1.82) is 0 Å². The fourth-order valence-corrected chi connectivity index (χ4v) is 4.89. The van der Waals surface area contributed by atoms with Gasteiger partial charge < -0.3 is 0 Å². The zero-order valence-corrected chi connectivity index (χ0v) is 21.3. The maximum absolute atomic E-state index is 14.1. The highest BCUT2D eigenvalue weighted by molar-refractivity contribution is 6.02. The molecule has 0 spiro atoms. The summed E-state index contributed by atoms with van der Waals surface area (Å²) < 4.78 is 28.2. The van der Waals surface area contributed by atoms with Crippen LogP contribution in [-0.4, -0.2) is 11.6 Å². The van der Waals surface area contributed by atoms with Crippen molar-refractivity contribution < 1.29 is 8.78 Å². The molecule has 31 heavy (non-hydrogen) atoms. The summed E-state index contributed by atoms with van der Waals surface area (Å²) >= 11 is 0. The van der Waals surface area contributed by atoms with Gasteiger partial charge in [0.15, 0.2) is 0 Å². The average molecular weight is 434 g/mol. The monoisotopic (exact) mass is 433 g/mol. The summed E-state index contributed by atoms with van der Waals surface area (Å²) in [6.45, 7) is 20.1. The van der Waals surface area contributed by atoms with Crippen molar-refractivity contribution in [1.82, 2.24) is 0 Å². The zero-order valence-electron chi connectivity index (χ0n) is 21.3. The molecule has 0 aliphatic carbocycles. The number of alkyl halides is 2. The van der Waals surface area contributed by atoms with E-state index in [0.29, 0.717) is 5.41 Å². The van der Waals surface area contributed by atoms with Crippen LogP contribution in [0.4, 0.5) is 8.78 Å². The van der Waals surface area contributed by atoms with Gasteiger partial charge >= 0.3 is 0 Å². The number of nitrogens with zero attached hydrogens (tertiary/aromatic N) is 1. The lowest BCUT2D eigenvalue weighted by atomic mass is 9.69. The Kier molecular flexibility index (Phi) is 10.1. The highest BCUT2D eigenvalue weighted by Crippen LogP contribution is 2.41. The van der Waals surface area contributed by atoms with Crippen LogP contribution in [-0.2, 0) is 12.8 Å². The molecule has 1 aromatic rings. The molecule has 0 saturated carbocycles. The molecule has 0 amide bonds. The van der Waals surface area contributed by atoms with Crippen LogP contribution in [0.1, 0.15) is 109 Å². The minimum atomic E-state index is -2.74. The Morgan fingerprint density at radius 3 is 2.16 bits per heavy atom. The van der Waals surface area contributed by atoms with Gasteiger partial charge in [-0.25, -0.2) is 8.78 Å². The van der Waals surface area contributed by atoms with Gasteiger partial charge in [0, 0.05) is 23.9 Å². The lowest BCUT2D eigenvalue weighted by molar-refractivity contribution is 0.0222. The van der Waals surface area contributed by atoms with Crippen molar-refractivity contribution in [2.24, 2.45) is 15.8 Å². The van der Waals surface area contributed by atoms with Gasteiger partial charge in [0.25, 0.3) is 0 Å². The molecule has 0 heterocycles. The second-order valence-corrected chi connectivity index (χ2v) is 10.7. The molecule has 0 bridgehead atoms. The Balaban J connectivity index is 3.55. The Hall–Kier alpha value is -1.51. The molecule has 0 aliphatic heterocycles. The fraction of sp³-hybridized carbons (Fsp3) is 0.679. The third-order valence-electron chi connectivity index (χ3n) is 6.48. The maximum Gasteiger partial charge on any atom is 0.249 e. The second-order valence-electron chi connectivity index (χ2n) is 10.7. The van der Waals surface area contributed by atoms with Crippen LogP contribution < -0.4 is 0 Å². The lowest BCUT2D eigenvalue weighted by Crippen LogP contribution is -2.27. The van der Waals surface area contributed by atoms with E-state index in [0.717, 1.165) is 73.4 Å². The number of benzene rings is 1. The number of aryl methyl sites for hydroxylation is 1. The Morgan fingerprint density at radius 2 is 1.68 bits per heavy atom. The van der Waals surface area contributed by atoms with Gasteiger partial charge in [-0.2, -0.15) is 0 Å². The van der Waals surface area contributed by atoms with Gasteiger partial charge in [0.05, 0.1) is 0 Å². The van der Waals surface area contributed by atoms with E-state index in [9.17, 15) is 8.78 Å². The summed E-state index contributed by atoms with van der Waals surface area (Å²) in [5.74, 6) is -2.74. The summed E-state index contributed by atoms with van der Waals surface area (Å²) in [6.07, 6.45) is 8.87. The van der Waals surface area contributed by atoms with Gasteiger partial charge in [-0.15, -0.1) is 0 Å². The average Bonchev–Trinajstić information content (AvgIpc) is 2.62. The topological polar surface area (TPSA) is 12.4 Å². The van der Waals surface area contributed by atoms with Crippen molar-refractivity contribution >= 4 is 5.71 Å². The van der Waals surface area contributed by atoms with Crippen molar-refractivity contribution in [3.8, 4) is 0 Å². The molecule has 0 N–H and O–H groups in total. The first-order chi connectivity index (χ1) is 14.3. The molecule has 1 atom stereocenters. The highest BCUT2D eigenvalue weighted by Gasteiger charge is 2.32. The molecule has 0 radical (unpaired) electrons. The predicted molar refractivity (Wildman–Crippen MR) is 133 cm³/mol. The van der Waals surface area contributed by atoms with Crippen LogP contribution in [0.15, 0.2) is 29.9 Å². The molecule has 0 fully saturated rings. The number of aliphatic imine (C=N–C) groups is 1. The third-order valence-corrected chi connectivity index (χ3v) is 6.48. The molecule has 0 aliphatic rings. The van der Waals surface area contributed by atoms with Crippen LogP contribution in [0.5, 0.6) is 0 Å². The number of hydrogen-bond acceptors (Lipinski definition) is 1. The van der Waals surface area contributed by atoms with Crippen molar-refractivity contribution in [2.75, 3.05) is 0 Å². The first-order valence-electron chi connectivity index (χ1n) is 11.9. The molecular weight excluding hydrogens is 388 g/mol. The van der Waals surface area contributed by atoms with E-state index >= 15 is 0 Å². The van der Waals surface area contributed by atoms with Gasteiger partial charge in [0.2, 0.25) is 5.92 Å². The number of halogens is 2. The summed E-state index contributed by atoms with van der Waals surface area (Å²) in [7, 11) is 0. The van der Waals surface area contributed by atoms with E-state index < -0.39 is 5.92 Å². The quantitative estimate of drug-likeness (QED) is 0.291. The smallest absolute Gasteiger partial charge is 0.249 e. The number of hydrogen-bond donors (Lipinski definition) is 0. The van der Waals surface area contributed by atoms with Crippen molar-refractivity contribution in [3.63, 3.8) is 0 Å². The third kappa shape index (κ3) is 8.86. The molecule has 1 unspecified atom stereocenters. The lowest BCUT2D eigenvalue weighted by Gasteiger charge is -2.36. The fourth-order valence-electron chi connectivity index (χ4n) is 4.89. The minimum Gasteiger partial charge on any atom is -0.262 e. The van der Waals surface area contributed by atoms with Gasteiger partial charge in [-0.3, -0.25) is 4.99 Å². The van der Waals surface area contributed by atoms with Crippen molar-refractivity contribution in [3.05, 3.63) is 47.2 Å². The van der Waals surface area contributed by atoms with Gasteiger partial charge in [0.1, 0.15) is 0 Å². The second kappa shape index (κ2) is 11.4. The van der Waals surface area contributed by atoms with E-state index in [1.165, 1.54) is 6.42 Å². The standard InChI is InChI=1S/C28H45F2N/c1-10-16-28(11-2,18-13-17-26(6,7)8)20-24-23(19-27(9,29)30)15-14-21(4)25(24)22(5)31-12-3/h12,14-15H,3,10-11,13,16-20H2,1-2,4-9H3. The molecule has 1 nitrogen and oxygen atoms in total. The normalized spacial score (nSPS) is 15.1. The van der Waals surface area contributed by atoms with Crippen LogP contribution in [0.3, 0.4) is 0 Å². The zero-order chi connectivity index (χ0) is 23.9. The van der Waals surface area contributed by atoms with E-state index in [1.807, 2.05) is 19.1 Å². The Bertz CT molecular complexity index is 750. The SMILES string of the molecule is C=CN=C(C)c1c(C)ccc(CC(C)(F)F)c1CC(CC)(CCC)CCCC(C)(C)C. The maximum atomic E-state index is 14.1. The first kappa shape index (κ1) is 27.5. The summed E-state index contributed by atoms with van der Waals surface area (Å²) in [6, 6.07) is 3.88. The minimum absolute atomic E-state index is 0.120.